The van der Waals surface area contributed by atoms with Gasteiger partial charge in [0.2, 0.25) is 10.0 Å². The topological polar surface area (TPSA) is 55.4 Å². The highest BCUT2D eigenvalue weighted by Crippen LogP contribution is 2.38. The Kier molecular flexibility index (Phi) is 4.92. The fourth-order valence-electron chi connectivity index (χ4n) is 1.44. The molecule has 0 aliphatic heterocycles. The standard InChI is InChI=1S/C10H10F5NO3S/c1-20(17,18)16-8(10(13,14)15)6-4-2-3-5-7(6)19-9(11)12/h2-5,8-9,16H,1H3. The van der Waals surface area contributed by atoms with Crippen LogP contribution in [-0.2, 0) is 10.0 Å². The Balaban J connectivity index is 3.27. The van der Waals surface area contributed by atoms with Gasteiger partial charge >= 0.3 is 12.8 Å². The second kappa shape index (κ2) is 5.92. The quantitative estimate of drug-likeness (QED) is 0.848. The monoisotopic (exact) mass is 319 g/mol. The summed E-state index contributed by atoms with van der Waals surface area (Å²) >= 11 is 0. The molecule has 0 aliphatic carbocycles. The van der Waals surface area contributed by atoms with Crippen molar-refractivity contribution in [2.45, 2.75) is 18.8 Å². The van der Waals surface area contributed by atoms with Gasteiger partial charge in [0.05, 0.1) is 6.26 Å². The van der Waals surface area contributed by atoms with Crippen LogP contribution in [0.2, 0.25) is 0 Å². The van der Waals surface area contributed by atoms with Gasteiger partial charge in [0.25, 0.3) is 0 Å². The van der Waals surface area contributed by atoms with E-state index in [4.69, 9.17) is 0 Å². The van der Waals surface area contributed by atoms with Gasteiger partial charge in [-0.25, -0.2) is 8.42 Å². The molecule has 0 aromatic heterocycles. The maximum atomic E-state index is 12.9. The van der Waals surface area contributed by atoms with Gasteiger partial charge in [-0.1, -0.05) is 18.2 Å². The average molecular weight is 319 g/mol. The van der Waals surface area contributed by atoms with E-state index < -0.39 is 40.2 Å². The summed E-state index contributed by atoms with van der Waals surface area (Å²) in [6.07, 6.45) is -4.48. The van der Waals surface area contributed by atoms with Crippen LogP contribution < -0.4 is 9.46 Å². The number of alkyl halides is 5. The number of hydrogen-bond acceptors (Lipinski definition) is 3. The van der Waals surface area contributed by atoms with Crippen LogP contribution in [-0.4, -0.2) is 27.5 Å². The number of benzene rings is 1. The molecule has 0 saturated heterocycles. The molecule has 0 heterocycles. The molecule has 0 amide bonds. The SMILES string of the molecule is CS(=O)(=O)NC(c1ccccc1OC(F)F)C(F)(F)F. The van der Waals surface area contributed by atoms with E-state index in [2.05, 4.69) is 4.74 Å². The fourth-order valence-corrected chi connectivity index (χ4v) is 2.13. The summed E-state index contributed by atoms with van der Waals surface area (Å²) in [6, 6.07) is 1.41. The van der Waals surface area contributed by atoms with Crippen molar-refractivity contribution in [2.75, 3.05) is 6.26 Å². The van der Waals surface area contributed by atoms with E-state index >= 15 is 0 Å². The molecule has 1 aromatic rings. The highest BCUT2D eigenvalue weighted by molar-refractivity contribution is 7.88. The van der Waals surface area contributed by atoms with Crippen molar-refractivity contribution in [3.8, 4) is 5.75 Å². The minimum absolute atomic E-state index is 0.530. The lowest BCUT2D eigenvalue weighted by molar-refractivity contribution is -0.154. The highest BCUT2D eigenvalue weighted by Gasteiger charge is 2.44. The number of ether oxygens (including phenoxy) is 1. The highest BCUT2D eigenvalue weighted by atomic mass is 32.2. The van der Waals surface area contributed by atoms with Crippen molar-refractivity contribution < 1.29 is 35.1 Å². The summed E-state index contributed by atoms with van der Waals surface area (Å²) in [5.74, 6) is -0.749. The van der Waals surface area contributed by atoms with Gasteiger partial charge in [-0.3, -0.25) is 0 Å². The van der Waals surface area contributed by atoms with Crippen molar-refractivity contribution in [1.29, 1.82) is 0 Å². The first-order valence-corrected chi connectivity index (χ1v) is 6.97. The number of para-hydroxylation sites is 1. The third-order valence-electron chi connectivity index (χ3n) is 2.11. The largest absolute Gasteiger partial charge is 0.434 e. The van der Waals surface area contributed by atoms with Gasteiger partial charge < -0.3 is 4.74 Å². The van der Waals surface area contributed by atoms with Gasteiger partial charge in [-0.05, 0) is 6.07 Å². The maximum Gasteiger partial charge on any atom is 0.409 e. The van der Waals surface area contributed by atoms with E-state index in [1.54, 1.807) is 0 Å². The third-order valence-corrected chi connectivity index (χ3v) is 2.77. The molecule has 0 spiro atoms. The Morgan fingerprint density at radius 3 is 2.20 bits per heavy atom. The summed E-state index contributed by atoms with van der Waals surface area (Å²) in [5.41, 5.74) is -0.745. The average Bonchev–Trinajstić information content (AvgIpc) is 2.23. The second-order valence-corrected chi connectivity index (χ2v) is 5.56. The lowest BCUT2D eigenvalue weighted by atomic mass is 10.1. The molecule has 0 bridgehead atoms. The van der Waals surface area contributed by atoms with Crippen LogP contribution in [0.25, 0.3) is 0 Å². The molecule has 0 saturated carbocycles. The Labute approximate surface area is 111 Å². The Bertz CT molecular complexity index is 558. The molecule has 1 atom stereocenters. The molecule has 0 radical (unpaired) electrons. The number of halogens is 5. The van der Waals surface area contributed by atoms with Gasteiger partial charge in [0, 0.05) is 5.56 Å². The Hall–Kier alpha value is -1.42. The molecule has 1 N–H and O–H groups in total. The van der Waals surface area contributed by atoms with Crippen molar-refractivity contribution in [2.24, 2.45) is 0 Å². The lowest BCUT2D eigenvalue weighted by Gasteiger charge is -2.23. The fraction of sp³-hybridized carbons (Fsp3) is 0.400. The molecule has 1 unspecified atom stereocenters. The van der Waals surface area contributed by atoms with Crippen LogP contribution in [0.1, 0.15) is 11.6 Å². The lowest BCUT2D eigenvalue weighted by Crippen LogP contribution is -2.37. The molecule has 10 heteroatoms. The second-order valence-electron chi connectivity index (χ2n) is 3.78. The predicted octanol–water partition coefficient (Wildman–Crippen LogP) is 2.44. The summed E-state index contributed by atoms with van der Waals surface area (Å²) in [6.45, 7) is -3.33. The van der Waals surface area contributed by atoms with Crippen molar-refractivity contribution in [3.05, 3.63) is 29.8 Å². The zero-order chi connectivity index (χ0) is 15.6. The van der Waals surface area contributed by atoms with Crippen LogP contribution in [0.15, 0.2) is 24.3 Å². The maximum absolute atomic E-state index is 12.9. The molecule has 20 heavy (non-hydrogen) atoms. The van der Waals surface area contributed by atoms with E-state index in [-0.39, 0.29) is 0 Å². The number of sulfonamides is 1. The van der Waals surface area contributed by atoms with Gasteiger partial charge in [-0.2, -0.15) is 26.7 Å². The zero-order valence-electron chi connectivity index (χ0n) is 9.99. The normalized spacial score (nSPS) is 14.3. The van der Waals surface area contributed by atoms with E-state index in [9.17, 15) is 30.4 Å². The van der Waals surface area contributed by atoms with Crippen LogP contribution in [0.5, 0.6) is 5.75 Å². The Morgan fingerprint density at radius 2 is 1.75 bits per heavy atom. The molecule has 1 aromatic carbocycles. The number of rotatable bonds is 5. The van der Waals surface area contributed by atoms with E-state index in [0.29, 0.717) is 6.26 Å². The summed E-state index contributed by atoms with van der Waals surface area (Å²) in [5, 5.41) is 0. The van der Waals surface area contributed by atoms with Crippen LogP contribution in [0.4, 0.5) is 22.0 Å². The van der Waals surface area contributed by atoms with Crippen molar-refractivity contribution >= 4 is 10.0 Å². The zero-order valence-corrected chi connectivity index (χ0v) is 10.8. The molecule has 0 fully saturated rings. The number of hydrogen-bond donors (Lipinski definition) is 1. The van der Waals surface area contributed by atoms with Gasteiger partial charge in [-0.15, -0.1) is 0 Å². The van der Waals surface area contributed by atoms with Crippen LogP contribution in [0, 0.1) is 0 Å². The van der Waals surface area contributed by atoms with Crippen LogP contribution in [0.3, 0.4) is 0 Å². The molecule has 4 nitrogen and oxygen atoms in total. The molecule has 114 valence electrons. The molecule has 1 rings (SSSR count). The van der Waals surface area contributed by atoms with Crippen molar-refractivity contribution in [3.63, 3.8) is 0 Å². The van der Waals surface area contributed by atoms with Gasteiger partial charge in [0.15, 0.2) is 0 Å². The minimum Gasteiger partial charge on any atom is -0.434 e. The smallest absolute Gasteiger partial charge is 0.409 e. The third kappa shape index (κ3) is 4.93. The molecule has 0 aliphatic rings. The van der Waals surface area contributed by atoms with E-state index in [1.807, 2.05) is 0 Å². The molecular weight excluding hydrogens is 309 g/mol. The Morgan fingerprint density at radius 1 is 1.20 bits per heavy atom. The minimum atomic E-state index is -5.01. The summed E-state index contributed by atoms with van der Waals surface area (Å²) in [7, 11) is -4.21. The number of nitrogens with one attached hydrogen (secondary N) is 1. The molecular formula is C10H10F5NO3S. The first-order chi connectivity index (χ1) is 9.00. The van der Waals surface area contributed by atoms with E-state index in [0.717, 1.165) is 18.2 Å². The van der Waals surface area contributed by atoms with E-state index in [1.165, 1.54) is 10.8 Å². The summed E-state index contributed by atoms with van der Waals surface area (Å²) < 4.78 is 90.3. The predicted molar refractivity (Wildman–Crippen MR) is 59.8 cm³/mol. The van der Waals surface area contributed by atoms with Crippen molar-refractivity contribution in [1.82, 2.24) is 4.72 Å². The first kappa shape index (κ1) is 16.6. The first-order valence-electron chi connectivity index (χ1n) is 5.08. The van der Waals surface area contributed by atoms with Crippen LogP contribution >= 0.6 is 0 Å². The van der Waals surface area contributed by atoms with Gasteiger partial charge in [0.1, 0.15) is 11.8 Å². The summed E-state index contributed by atoms with van der Waals surface area (Å²) in [4.78, 5) is 0.